The third-order valence-corrected chi connectivity index (χ3v) is 7.33. The summed E-state index contributed by atoms with van der Waals surface area (Å²) in [6.45, 7) is 1.69. The topological polar surface area (TPSA) is 107 Å². The summed E-state index contributed by atoms with van der Waals surface area (Å²) in [5.41, 5.74) is 5.13. The lowest BCUT2D eigenvalue weighted by Crippen LogP contribution is -2.40. The maximum absolute atomic E-state index is 13.7. The number of pyridine rings is 1. The normalized spacial score (nSPS) is 25.5. The smallest absolute Gasteiger partial charge is 0.416 e. The number of halogens is 3. The molecule has 3 heterocycles. The average molecular weight is 519 g/mol. The van der Waals surface area contributed by atoms with Gasteiger partial charge in [-0.2, -0.15) is 13.2 Å². The highest BCUT2D eigenvalue weighted by molar-refractivity contribution is 5.96. The van der Waals surface area contributed by atoms with Crippen LogP contribution in [-0.4, -0.2) is 54.7 Å². The van der Waals surface area contributed by atoms with Crippen LogP contribution in [0.1, 0.15) is 58.4 Å². The van der Waals surface area contributed by atoms with Crippen molar-refractivity contribution in [3.05, 3.63) is 53.2 Å². The number of nitrogens with one attached hydrogen (secondary N) is 1. The van der Waals surface area contributed by atoms with Gasteiger partial charge in [-0.25, -0.2) is 4.98 Å². The predicted molar refractivity (Wildman–Crippen MR) is 128 cm³/mol. The van der Waals surface area contributed by atoms with Crippen molar-refractivity contribution in [2.75, 3.05) is 24.7 Å². The number of benzene rings is 1. The summed E-state index contributed by atoms with van der Waals surface area (Å²) in [7, 11) is 0. The van der Waals surface area contributed by atoms with Crippen LogP contribution in [0.4, 0.5) is 18.9 Å². The molecule has 2 saturated heterocycles. The molecule has 3 N–H and O–H groups in total. The van der Waals surface area contributed by atoms with Crippen molar-refractivity contribution in [1.29, 1.82) is 0 Å². The highest BCUT2D eigenvalue weighted by atomic mass is 19.4. The minimum absolute atomic E-state index is 0.00912. The van der Waals surface area contributed by atoms with E-state index in [1.165, 1.54) is 6.20 Å². The van der Waals surface area contributed by atoms with E-state index >= 15 is 0 Å². The van der Waals surface area contributed by atoms with Crippen molar-refractivity contribution in [1.82, 2.24) is 10.3 Å². The molecule has 0 radical (unpaired) electrons. The molecule has 1 aromatic heterocycles. The molecule has 2 aromatic rings. The van der Waals surface area contributed by atoms with E-state index in [-0.39, 0.29) is 41.1 Å². The molecule has 37 heavy (non-hydrogen) atoms. The Morgan fingerprint density at radius 1 is 1.14 bits per heavy atom. The molecule has 198 valence electrons. The van der Waals surface area contributed by atoms with Crippen LogP contribution >= 0.6 is 0 Å². The Labute approximate surface area is 212 Å². The second-order valence-electron chi connectivity index (χ2n) is 10.00. The van der Waals surface area contributed by atoms with E-state index in [0.29, 0.717) is 51.1 Å². The molecule has 8 nitrogen and oxygen atoms in total. The number of nitrogens with two attached hydrogens (primary N) is 1. The number of amides is 2. The van der Waals surface area contributed by atoms with Gasteiger partial charge in [-0.3, -0.25) is 9.59 Å². The molecule has 2 amide bonds. The summed E-state index contributed by atoms with van der Waals surface area (Å²) in [5.74, 6) is -0.700. The van der Waals surface area contributed by atoms with Gasteiger partial charge in [-0.1, -0.05) is 0 Å². The number of anilines is 1. The maximum Gasteiger partial charge on any atom is 0.416 e. The van der Waals surface area contributed by atoms with Crippen molar-refractivity contribution >= 4 is 17.5 Å². The molecule has 2 bridgehead atoms. The van der Waals surface area contributed by atoms with E-state index < -0.39 is 23.6 Å². The minimum atomic E-state index is -4.57. The van der Waals surface area contributed by atoms with E-state index in [2.05, 4.69) is 10.3 Å². The SMILES string of the molecule is NC(=O)c1cccnc1OC1CCC(NC(=O)c2cc(N3CC4COCC3C4)cc(C(F)(F)F)c2)CC1. The van der Waals surface area contributed by atoms with E-state index in [1.807, 2.05) is 4.90 Å². The van der Waals surface area contributed by atoms with Crippen molar-refractivity contribution in [3.63, 3.8) is 0 Å². The van der Waals surface area contributed by atoms with Gasteiger partial charge in [0.1, 0.15) is 11.7 Å². The van der Waals surface area contributed by atoms with Gasteiger partial charge in [-0.15, -0.1) is 0 Å². The van der Waals surface area contributed by atoms with Gasteiger partial charge >= 0.3 is 6.18 Å². The Hall–Kier alpha value is -3.34. The van der Waals surface area contributed by atoms with Gasteiger partial charge in [0.15, 0.2) is 0 Å². The highest BCUT2D eigenvalue weighted by Crippen LogP contribution is 2.37. The number of carbonyl (C=O) groups excluding carboxylic acids is 2. The first-order valence-electron chi connectivity index (χ1n) is 12.5. The number of carbonyl (C=O) groups is 2. The Balaban J connectivity index is 1.25. The van der Waals surface area contributed by atoms with Crippen molar-refractivity contribution in [2.45, 2.75) is 56.5 Å². The Morgan fingerprint density at radius 3 is 2.62 bits per heavy atom. The van der Waals surface area contributed by atoms with Crippen LogP contribution in [0.15, 0.2) is 36.5 Å². The molecule has 0 spiro atoms. The summed E-state index contributed by atoms with van der Waals surface area (Å²) < 4.78 is 52.6. The zero-order chi connectivity index (χ0) is 26.2. The highest BCUT2D eigenvalue weighted by Gasteiger charge is 2.38. The Bertz CT molecular complexity index is 1170. The quantitative estimate of drug-likeness (QED) is 0.606. The summed E-state index contributed by atoms with van der Waals surface area (Å²) in [6, 6.07) is 6.54. The zero-order valence-corrected chi connectivity index (χ0v) is 20.2. The van der Waals surface area contributed by atoms with Crippen molar-refractivity contribution in [3.8, 4) is 5.88 Å². The number of hydrogen-bond acceptors (Lipinski definition) is 6. The molecular weight excluding hydrogens is 489 g/mol. The fourth-order valence-corrected chi connectivity index (χ4v) is 5.48. The molecule has 11 heteroatoms. The van der Waals surface area contributed by atoms with Gasteiger partial charge in [0.2, 0.25) is 5.88 Å². The number of rotatable bonds is 6. The van der Waals surface area contributed by atoms with Crippen LogP contribution in [-0.2, 0) is 10.9 Å². The Kier molecular flexibility index (Phi) is 6.98. The number of alkyl halides is 3. The number of fused-ring (bicyclic) bond motifs is 2. The van der Waals surface area contributed by atoms with Gasteiger partial charge in [-0.05, 0) is 62.4 Å². The summed E-state index contributed by atoms with van der Waals surface area (Å²) in [5, 5.41) is 2.90. The van der Waals surface area contributed by atoms with E-state index in [1.54, 1.807) is 18.2 Å². The lowest BCUT2D eigenvalue weighted by atomic mass is 9.92. The molecule has 1 saturated carbocycles. The molecule has 3 aliphatic rings. The number of hydrogen-bond donors (Lipinski definition) is 2. The van der Waals surface area contributed by atoms with Crippen LogP contribution in [0.3, 0.4) is 0 Å². The van der Waals surface area contributed by atoms with Crippen LogP contribution in [0, 0.1) is 5.92 Å². The molecule has 3 fully saturated rings. The monoisotopic (exact) mass is 518 g/mol. The molecule has 5 rings (SSSR count). The maximum atomic E-state index is 13.7. The first-order valence-corrected chi connectivity index (χ1v) is 12.5. The van der Waals surface area contributed by atoms with Crippen molar-refractivity contribution < 1.29 is 32.2 Å². The lowest BCUT2D eigenvalue weighted by molar-refractivity contribution is -0.137. The largest absolute Gasteiger partial charge is 0.474 e. The first kappa shape index (κ1) is 25.3. The molecular formula is C26H29F3N4O4. The molecule has 1 aliphatic carbocycles. The Morgan fingerprint density at radius 2 is 1.92 bits per heavy atom. The first-order chi connectivity index (χ1) is 17.7. The fourth-order valence-electron chi connectivity index (χ4n) is 5.48. The molecule has 2 unspecified atom stereocenters. The van der Waals surface area contributed by atoms with Gasteiger partial charge in [0.05, 0.1) is 24.8 Å². The summed E-state index contributed by atoms with van der Waals surface area (Å²) in [6.07, 6.45) is -0.0577. The summed E-state index contributed by atoms with van der Waals surface area (Å²) in [4.78, 5) is 30.7. The average Bonchev–Trinajstić information content (AvgIpc) is 3.17. The number of ether oxygens (including phenoxy) is 2. The minimum Gasteiger partial charge on any atom is -0.474 e. The second kappa shape index (κ2) is 10.2. The molecule has 2 aliphatic heterocycles. The van der Waals surface area contributed by atoms with E-state index in [4.69, 9.17) is 15.2 Å². The molecule has 2 atom stereocenters. The zero-order valence-electron chi connectivity index (χ0n) is 20.2. The van der Waals surface area contributed by atoms with Gasteiger partial charge in [0.25, 0.3) is 11.8 Å². The predicted octanol–water partition coefficient (Wildman–Crippen LogP) is 3.54. The third-order valence-electron chi connectivity index (χ3n) is 7.33. The number of primary amides is 1. The third kappa shape index (κ3) is 5.66. The van der Waals surface area contributed by atoms with Crippen molar-refractivity contribution in [2.24, 2.45) is 11.7 Å². The van der Waals surface area contributed by atoms with Gasteiger partial charge in [0, 0.05) is 36.0 Å². The van der Waals surface area contributed by atoms with Crippen LogP contribution in [0.2, 0.25) is 0 Å². The molecule has 1 aromatic carbocycles. The van der Waals surface area contributed by atoms with Crippen LogP contribution in [0.25, 0.3) is 0 Å². The van der Waals surface area contributed by atoms with Crippen LogP contribution < -0.4 is 20.7 Å². The van der Waals surface area contributed by atoms with E-state index in [0.717, 1.165) is 18.6 Å². The second-order valence-corrected chi connectivity index (χ2v) is 10.00. The number of aromatic nitrogens is 1. The number of nitrogens with zero attached hydrogens (tertiary/aromatic N) is 2. The van der Waals surface area contributed by atoms with Crippen LogP contribution in [0.5, 0.6) is 5.88 Å². The van der Waals surface area contributed by atoms with E-state index in [9.17, 15) is 22.8 Å². The summed E-state index contributed by atoms with van der Waals surface area (Å²) >= 11 is 0. The van der Waals surface area contributed by atoms with Gasteiger partial charge < -0.3 is 25.4 Å². The fraction of sp³-hybridized carbons (Fsp3) is 0.500. The lowest BCUT2D eigenvalue weighted by Gasteiger charge is -2.30. The standard InChI is InChI=1S/C26H29F3N4O4/c27-26(28,29)17-9-16(10-19(11-17)33-12-15-8-20(33)14-36-13-15)24(35)32-18-3-5-21(6-4-18)37-25-22(23(30)34)2-1-7-31-25/h1-2,7,9-11,15,18,20-21H,3-6,8,12-14H2,(H2,30,34)(H,32,35).